The minimum Gasteiger partial charge on any atom is -0.335 e. The Hall–Kier alpha value is -2.44. The van der Waals surface area contributed by atoms with E-state index in [0.29, 0.717) is 11.7 Å². The third kappa shape index (κ3) is 3.67. The molecule has 1 heterocycles. The van der Waals surface area contributed by atoms with Gasteiger partial charge in [-0.25, -0.2) is 4.79 Å². The first-order valence-electron chi connectivity index (χ1n) is 8.06. The first kappa shape index (κ1) is 15.5. The number of nitrogens with one attached hydrogen (secondary N) is 2. The van der Waals surface area contributed by atoms with Crippen LogP contribution in [-0.2, 0) is 0 Å². The van der Waals surface area contributed by atoms with Gasteiger partial charge in [0.2, 0.25) is 0 Å². The molecule has 0 aliphatic heterocycles. The molecule has 1 aliphatic carbocycles. The van der Waals surface area contributed by atoms with Crippen LogP contribution in [0.25, 0.3) is 5.69 Å². The van der Waals surface area contributed by atoms with Crippen LogP contribution >= 0.6 is 0 Å². The summed E-state index contributed by atoms with van der Waals surface area (Å²) in [7, 11) is 0. The van der Waals surface area contributed by atoms with Crippen LogP contribution in [0.3, 0.4) is 0 Å². The molecule has 0 radical (unpaired) electrons. The second-order valence-electron chi connectivity index (χ2n) is 6.15. The zero-order valence-electron chi connectivity index (χ0n) is 13.5. The van der Waals surface area contributed by atoms with E-state index < -0.39 is 0 Å². The van der Waals surface area contributed by atoms with Gasteiger partial charge < -0.3 is 10.6 Å². The monoisotopic (exact) mass is 314 g/mol. The molecule has 3 rings (SSSR count). The highest BCUT2D eigenvalue weighted by Crippen LogP contribution is 2.23. The molecule has 0 bridgehead atoms. The minimum atomic E-state index is -0.158. The van der Waals surface area contributed by atoms with Crippen molar-refractivity contribution in [1.82, 2.24) is 25.5 Å². The zero-order valence-corrected chi connectivity index (χ0v) is 13.5. The average Bonchev–Trinajstić information content (AvgIpc) is 2.96. The summed E-state index contributed by atoms with van der Waals surface area (Å²) >= 11 is 0. The quantitative estimate of drug-likeness (QED) is 0.912. The highest BCUT2D eigenvalue weighted by atomic mass is 16.2. The van der Waals surface area contributed by atoms with Crippen LogP contribution in [0, 0.1) is 12.8 Å². The molecule has 23 heavy (non-hydrogen) atoms. The Balaban J connectivity index is 1.66. The fraction of sp³-hybridized carbons (Fsp3) is 0.500. The largest absolute Gasteiger partial charge is 0.335 e. The van der Waals surface area contributed by atoms with Crippen LogP contribution in [0.2, 0.25) is 0 Å². The van der Waals surface area contributed by atoms with Gasteiger partial charge in [0.25, 0.3) is 0 Å². The highest BCUT2D eigenvalue weighted by Gasteiger charge is 2.22. The lowest BCUT2D eigenvalue weighted by atomic mass is 9.86. The maximum atomic E-state index is 12.2. The maximum Gasteiger partial charge on any atom is 0.319 e. The van der Waals surface area contributed by atoms with Gasteiger partial charge in [0.15, 0.2) is 5.82 Å². The van der Waals surface area contributed by atoms with Crippen molar-refractivity contribution in [2.45, 2.75) is 45.6 Å². The molecular weight excluding hydrogens is 292 g/mol. The van der Waals surface area contributed by atoms with Crippen molar-refractivity contribution in [3.63, 3.8) is 0 Å². The van der Waals surface area contributed by atoms with Gasteiger partial charge in [-0.1, -0.05) is 25.8 Å². The number of hydrogen-bond donors (Lipinski definition) is 2. The molecule has 1 aromatic heterocycles. The fourth-order valence-electron chi connectivity index (χ4n) is 3.05. The van der Waals surface area contributed by atoms with E-state index in [1.165, 1.54) is 19.3 Å². The molecule has 2 aromatic rings. The minimum absolute atomic E-state index is 0.158. The molecule has 1 saturated carbocycles. The predicted octanol–water partition coefficient (Wildman–Crippen LogP) is 2.67. The van der Waals surface area contributed by atoms with Crippen molar-refractivity contribution in [2.75, 3.05) is 5.32 Å². The van der Waals surface area contributed by atoms with E-state index in [-0.39, 0.29) is 12.1 Å². The van der Waals surface area contributed by atoms with E-state index in [2.05, 4.69) is 33.1 Å². The number of hydrogen-bond acceptors (Lipinski definition) is 4. The van der Waals surface area contributed by atoms with E-state index in [1.807, 2.05) is 31.2 Å². The lowest BCUT2D eigenvalue weighted by Gasteiger charge is -2.29. The van der Waals surface area contributed by atoms with Crippen LogP contribution in [0.4, 0.5) is 10.5 Å². The number of rotatable bonds is 3. The van der Waals surface area contributed by atoms with Crippen molar-refractivity contribution in [3.05, 3.63) is 30.1 Å². The standard InChI is InChI=1S/C16H22N6O/c1-11-6-3-4-9-15(11)18-16(23)17-13-7-5-8-14(10-13)22-12(2)19-20-21-22/h5,7-8,10-11,15H,3-4,6,9H2,1-2H3,(H2,17,18,23). The molecule has 7 heteroatoms. The van der Waals surface area contributed by atoms with Crippen LogP contribution in [0.5, 0.6) is 0 Å². The summed E-state index contributed by atoms with van der Waals surface area (Å²) in [5, 5.41) is 17.4. The van der Waals surface area contributed by atoms with E-state index in [1.54, 1.807) is 4.68 Å². The molecule has 1 aromatic carbocycles. The molecule has 2 unspecified atom stereocenters. The number of aromatic nitrogens is 4. The van der Waals surface area contributed by atoms with Crippen molar-refractivity contribution in [1.29, 1.82) is 0 Å². The summed E-state index contributed by atoms with van der Waals surface area (Å²) < 4.78 is 1.63. The molecule has 122 valence electrons. The van der Waals surface area contributed by atoms with E-state index in [4.69, 9.17) is 0 Å². The normalized spacial score (nSPS) is 21.0. The number of anilines is 1. The van der Waals surface area contributed by atoms with E-state index in [0.717, 1.165) is 17.8 Å². The Bertz CT molecular complexity index is 683. The van der Waals surface area contributed by atoms with Gasteiger partial charge in [0, 0.05) is 11.7 Å². The molecule has 1 aliphatic rings. The van der Waals surface area contributed by atoms with Gasteiger partial charge in [0.1, 0.15) is 0 Å². The van der Waals surface area contributed by atoms with Crippen molar-refractivity contribution < 1.29 is 4.79 Å². The number of nitrogens with zero attached hydrogens (tertiary/aromatic N) is 4. The van der Waals surface area contributed by atoms with Crippen LogP contribution in [0.15, 0.2) is 24.3 Å². The summed E-state index contributed by atoms with van der Waals surface area (Å²) in [6.07, 6.45) is 4.68. The van der Waals surface area contributed by atoms with Gasteiger partial charge in [0.05, 0.1) is 5.69 Å². The molecule has 2 atom stereocenters. The zero-order chi connectivity index (χ0) is 16.2. The SMILES string of the molecule is Cc1nnnn1-c1cccc(NC(=O)NC2CCCCC2C)c1. The van der Waals surface area contributed by atoms with E-state index in [9.17, 15) is 4.79 Å². The Kier molecular flexibility index (Phi) is 4.55. The topological polar surface area (TPSA) is 84.7 Å². The summed E-state index contributed by atoms with van der Waals surface area (Å²) in [5.74, 6) is 1.23. The number of benzene rings is 1. The van der Waals surface area contributed by atoms with Crippen LogP contribution in [0.1, 0.15) is 38.4 Å². The van der Waals surface area contributed by atoms with Crippen LogP contribution < -0.4 is 10.6 Å². The second kappa shape index (κ2) is 6.76. The molecule has 7 nitrogen and oxygen atoms in total. The van der Waals surface area contributed by atoms with Gasteiger partial charge in [-0.3, -0.25) is 0 Å². The molecule has 0 saturated heterocycles. The third-order valence-electron chi connectivity index (χ3n) is 4.40. The number of tetrazole rings is 1. The Labute approximate surface area is 135 Å². The lowest BCUT2D eigenvalue weighted by Crippen LogP contribution is -2.43. The molecule has 2 amide bonds. The summed E-state index contributed by atoms with van der Waals surface area (Å²) in [5.41, 5.74) is 1.54. The van der Waals surface area contributed by atoms with Gasteiger partial charge in [-0.05, 0) is 54.3 Å². The lowest BCUT2D eigenvalue weighted by molar-refractivity contribution is 0.232. The Morgan fingerprint density at radius 2 is 2.13 bits per heavy atom. The number of urea groups is 1. The van der Waals surface area contributed by atoms with Crippen molar-refractivity contribution >= 4 is 11.7 Å². The smallest absolute Gasteiger partial charge is 0.319 e. The fourth-order valence-corrected chi connectivity index (χ4v) is 3.05. The first-order chi connectivity index (χ1) is 11.1. The molecule has 0 spiro atoms. The summed E-state index contributed by atoms with van der Waals surface area (Å²) in [6, 6.07) is 7.58. The van der Waals surface area contributed by atoms with Gasteiger partial charge >= 0.3 is 6.03 Å². The average molecular weight is 314 g/mol. The Morgan fingerprint density at radius 1 is 1.30 bits per heavy atom. The third-order valence-corrected chi connectivity index (χ3v) is 4.40. The number of carbonyl (C=O) groups is 1. The number of carbonyl (C=O) groups excluding carboxylic acids is 1. The maximum absolute atomic E-state index is 12.2. The van der Waals surface area contributed by atoms with Gasteiger partial charge in [-0.15, -0.1) is 5.10 Å². The summed E-state index contributed by atoms with van der Waals surface area (Å²) in [4.78, 5) is 12.2. The Morgan fingerprint density at radius 3 is 2.87 bits per heavy atom. The predicted molar refractivity (Wildman–Crippen MR) is 87.5 cm³/mol. The molecular formula is C16H22N6O. The number of aryl methyl sites for hydroxylation is 1. The van der Waals surface area contributed by atoms with E-state index >= 15 is 0 Å². The number of amides is 2. The first-order valence-corrected chi connectivity index (χ1v) is 8.06. The molecule has 1 fully saturated rings. The van der Waals surface area contributed by atoms with Crippen molar-refractivity contribution in [2.24, 2.45) is 5.92 Å². The van der Waals surface area contributed by atoms with Crippen LogP contribution in [-0.4, -0.2) is 32.3 Å². The summed E-state index contributed by atoms with van der Waals surface area (Å²) in [6.45, 7) is 4.03. The van der Waals surface area contributed by atoms with Gasteiger partial charge in [-0.2, -0.15) is 4.68 Å². The second-order valence-corrected chi connectivity index (χ2v) is 6.15. The molecule has 2 N–H and O–H groups in total. The highest BCUT2D eigenvalue weighted by molar-refractivity contribution is 5.89. The van der Waals surface area contributed by atoms with Crippen molar-refractivity contribution in [3.8, 4) is 5.69 Å².